The summed E-state index contributed by atoms with van der Waals surface area (Å²) in [6.07, 6.45) is 3.91. The van der Waals surface area contributed by atoms with Crippen molar-refractivity contribution in [2.75, 3.05) is 6.61 Å². The summed E-state index contributed by atoms with van der Waals surface area (Å²) >= 11 is 0. The molecule has 2 aliphatic carbocycles. The molecule has 2 saturated carbocycles. The minimum absolute atomic E-state index is 0.118. The van der Waals surface area contributed by atoms with E-state index >= 15 is 0 Å². The molecule has 160 valence electrons. The van der Waals surface area contributed by atoms with Gasteiger partial charge in [-0.2, -0.15) is 0 Å². The van der Waals surface area contributed by atoms with Crippen molar-refractivity contribution in [1.82, 2.24) is 0 Å². The van der Waals surface area contributed by atoms with Gasteiger partial charge < -0.3 is 23.8 Å². The molecule has 1 saturated heterocycles. The molecule has 0 amide bonds. The van der Waals surface area contributed by atoms with Crippen LogP contribution in [0.3, 0.4) is 0 Å². The lowest BCUT2D eigenvalue weighted by Gasteiger charge is -2.39. The Bertz CT molecular complexity index is 594. The van der Waals surface area contributed by atoms with Crippen molar-refractivity contribution in [3.05, 3.63) is 0 Å². The topological polar surface area (TPSA) is 82.1 Å². The van der Waals surface area contributed by atoms with E-state index in [1.54, 1.807) is 0 Å². The number of rotatable bonds is 5. The maximum Gasteiger partial charge on any atom is 0.299 e. The molecule has 6 atom stereocenters. The highest BCUT2D eigenvalue weighted by Gasteiger charge is 2.64. The van der Waals surface area contributed by atoms with Crippen LogP contribution in [0.2, 0.25) is 18.1 Å². The van der Waals surface area contributed by atoms with Crippen molar-refractivity contribution in [2.45, 2.75) is 95.9 Å². The molecule has 0 aromatic heterocycles. The molecular formula is C21H36O6Si. The monoisotopic (exact) mass is 412 g/mol. The molecule has 3 fully saturated rings. The Hall–Kier alpha value is -0.763. The van der Waals surface area contributed by atoms with Crippen molar-refractivity contribution in [3.8, 4) is 0 Å². The first-order valence-corrected chi connectivity index (χ1v) is 13.6. The molecule has 1 heterocycles. The van der Waals surface area contributed by atoms with Gasteiger partial charge in [-0.05, 0) is 56.7 Å². The van der Waals surface area contributed by atoms with Gasteiger partial charge in [0.1, 0.15) is 6.29 Å². The summed E-state index contributed by atoms with van der Waals surface area (Å²) in [4.78, 5) is 25.7. The summed E-state index contributed by atoms with van der Waals surface area (Å²) in [7, 11) is -2.34. The number of carbonyl (C=O) groups excluding carboxylic acids is 2. The Balaban J connectivity index is 1.87. The van der Waals surface area contributed by atoms with Crippen LogP contribution in [0.15, 0.2) is 0 Å². The van der Waals surface area contributed by atoms with Gasteiger partial charge in [-0.1, -0.05) is 20.8 Å². The molecule has 0 bridgehead atoms. The van der Waals surface area contributed by atoms with Gasteiger partial charge in [-0.15, -0.1) is 0 Å². The first kappa shape index (κ1) is 21.9. The molecule has 28 heavy (non-hydrogen) atoms. The molecule has 0 aromatic carbocycles. The number of aldehydes is 1. The first-order chi connectivity index (χ1) is 13.0. The molecule has 6 unspecified atom stereocenters. The van der Waals surface area contributed by atoms with Gasteiger partial charge in [0.2, 0.25) is 0 Å². The van der Waals surface area contributed by atoms with Crippen LogP contribution in [0, 0.1) is 17.3 Å². The average Bonchev–Trinajstić information content (AvgIpc) is 3.09. The fourth-order valence-corrected chi connectivity index (χ4v) is 5.78. The number of ether oxygens (including phenoxy) is 2. The van der Waals surface area contributed by atoms with E-state index in [-0.39, 0.29) is 23.2 Å². The largest absolute Gasteiger partial charge is 0.519 e. The third-order valence-electron chi connectivity index (χ3n) is 7.56. The zero-order valence-corrected chi connectivity index (χ0v) is 18.9. The van der Waals surface area contributed by atoms with Crippen LogP contribution in [0.25, 0.3) is 0 Å². The smallest absolute Gasteiger partial charge is 0.299 e. The maximum absolute atomic E-state index is 13.4. The molecule has 0 radical (unpaired) electrons. The number of carbonyl (C=O) groups is 2. The molecule has 3 aliphatic rings. The van der Waals surface area contributed by atoms with E-state index in [0.29, 0.717) is 25.9 Å². The number of hydrogen-bond acceptors (Lipinski definition) is 6. The van der Waals surface area contributed by atoms with Crippen LogP contribution >= 0.6 is 0 Å². The van der Waals surface area contributed by atoms with Crippen molar-refractivity contribution in [3.63, 3.8) is 0 Å². The standard InChI is InChI=1S/C21H36O6Si/c1-20(2,3)28(4,5)27-19(24)18-16(26-17-8-6-7-11-25-17)12-14-15(23)9-10-21(14,18)13-22/h13-18,23H,6-12H2,1-5H3. The van der Waals surface area contributed by atoms with Crippen molar-refractivity contribution in [1.29, 1.82) is 0 Å². The summed E-state index contributed by atoms with van der Waals surface area (Å²) < 4.78 is 18.1. The van der Waals surface area contributed by atoms with E-state index in [9.17, 15) is 14.7 Å². The van der Waals surface area contributed by atoms with E-state index < -0.39 is 31.9 Å². The second-order valence-corrected chi connectivity index (χ2v) is 15.0. The number of fused-ring (bicyclic) bond motifs is 1. The molecule has 6 nitrogen and oxygen atoms in total. The van der Waals surface area contributed by atoms with Gasteiger partial charge in [0.25, 0.3) is 14.3 Å². The first-order valence-electron chi connectivity index (χ1n) is 10.7. The lowest BCUT2D eigenvalue weighted by Crippen LogP contribution is -2.49. The number of aliphatic hydroxyl groups excluding tert-OH is 1. The Morgan fingerprint density at radius 1 is 1.25 bits per heavy atom. The summed E-state index contributed by atoms with van der Waals surface area (Å²) in [5, 5.41) is 10.4. The van der Waals surface area contributed by atoms with Gasteiger partial charge in [0, 0.05) is 17.9 Å². The summed E-state index contributed by atoms with van der Waals surface area (Å²) in [6.45, 7) is 11.0. The predicted molar refractivity (Wildman–Crippen MR) is 107 cm³/mol. The van der Waals surface area contributed by atoms with Crippen LogP contribution in [-0.2, 0) is 23.5 Å². The molecule has 3 rings (SSSR count). The van der Waals surface area contributed by atoms with Crippen LogP contribution in [-0.4, -0.2) is 50.8 Å². The minimum Gasteiger partial charge on any atom is -0.519 e. The second kappa shape index (κ2) is 7.82. The minimum atomic E-state index is -2.34. The van der Waals surface area contributed by atoms with Crippen LogP contribution < -0.4 is 0 Å². The summed E-state index contributed by atoms with van der Waals surface area (Å²) in [5.41, 5.74) is -0.891. The fraction of sp³-hybridized carbons (Fsp3) is 0.905. The highest BCUT2D eigenvalue weighted by molar-refractivity contribution is 6.75. The third-order valence-corrected chi connectivity index (χ3v) is 11.9. The molecular weight excluding hydrogens is 376 g/mol. The number of hydrogen-bond donors (Lipinski definition) is 1. The van der Waals surface area contributed by atoms with Gasteiger partial charge in [-0.3, -0.25) is 4.79 Å². The van der Waals surface area contributed by atoms with E-state index in [2.05, 4.69) is 20.8 Å². The normalized spacial score (nSPS) is 38.9. The zero-order chi connectivity index (χ0) is 20.7. The Morgan fingerprint density at radius 2 is 1.96 bits per heavy atom. The van der Waals surface area contributed by atoms with Crippen LogP contribution in [0.1, 0.15) is 59.3 Å². The van der Waals surface area contributed by atoms with Gasteiger partial charge in [0.05, 0.1) is 18.1 Å². The fourth-order valence-electron chi connectivity index (χ4n) is 4.84. The van der Waals surface area contributed by atoms with Crippen molar-refractivity contribution in [2.24, 2.45) is 17.3 Å². The van der Waals surface area contributed by atoms with Crippen molar-refractivity contribution >= 4 is 20.6 Å². The molecule has 7 heteroatoms. The highest BCUT2D eigenvalue weighted by Crippen LogP contribution is 2.58. The Kier molecular flexibility index (Phi) is 6.12. The maximum atomic E-state index is 13.4. The predicted octanol–water partition coefficient (Wildman–Crippen LogP) is 3.42. The number of aliphatic hydroxyl groups is 1. The van der Waals surface area contributed by atoms with Gasteiger partial charge >= 0.3 is 0 Å². The summed E-state index contributed by atoms with van der Waals surface area (Å²) in [5.74, 6) is -1.27. The molecule has 1 N–H and O–H groups in total. The lowest BCUT2D eigenvalue weighted by molar-refractivity contribution is -0.202. The molecule has 1 aliphatic heterocycles. The third kappa shape index (κ3) is 3.83. The van der Waals surface area contributed by atoms with Crippen molar-refractivity contribution < 1.29 is 28.6 Å². The molecule has 0 aromatic rings. The van der Waals surface area contributed by atoms with Crippen LogP contribution in [0.5, 0.6) is 0 Å². The van der Waals surface area contributed by atoms with E-state index in [4.69, 9.17) is 13.9 Å². The Labute approximate surface area is 169 Å². The lowest BCUT2D eigenvalue weighted by atomic mass is 9.74. The van der Waals surface area contributed by atoms with E-state index in [1.165, 1.54) is 0 Å². The highest BCUT2D eigenvalue weighted by atomic mass is 28.4. The van der Waals surface area contributed by atoms with E-state index in [0.717, 1.165) is 25.5 Å². The quantitative estimate of drug-likeness (QED) is 0.550. The van der Waals surface area contributed by atoms with Gasteiger partial charge in [-0.25, -0.2) is 0 Å². The zero-order valence-electron chi connectivity index (χ0n) is 17.9. The van der Waals surface area contributed by atoms with E-state index in [1.807, 2.05) is 13.1 Å². The van der Waals surface area contributed by atoms with Gasteiger partial charge in [0.15, 0.2) is 6.29 Å². The Morgan fingerprint density at radius 3 is 2.54 bits per heavy atom. The molecule has 0 spiro atoms. The summed E-state index contributed by atoms with van der Waals surface area (Å²) in [6, 6.07) is 0. The SMILES string of the molecule is CC(C)(C)[Si](C)(C)OC(=O)C1C(OC2CCCCO2)CC2C(O)CCC21C=O. The van der Waals surface area contributed by atoms with Crippen LogP contribution in [0.4, 0.5) is 0 Å². The average molecular weight is 413 g/mol. The second-order valence-electron chi connectivity index (χ2n) is 10.3.